The number of hydrogen-bond donors (Lipinski definition) is 1. The molecule has 0 aliphatic rings. The van der Waals surface area contributed by atoms with E-state index in [1.807, 2.05) is 30.3 Å². The van der Waals surface area contributed by atoms with E-state index < -0.39 is 0 Å². The van der Waals surface area contributed by atoms with E-state index in [2.05, 4.69) is 29.4 Å². The van der Waals surface area contributed by atoms with Gasteiger partial charge in [-0.3, -0.25) is 9.78 Å². The lowest BCUT2D eigenvalue weighted by molar-refractivity contribution is -0.121. The Kier molecular flexibility index (Phi) is 5.30. The molecule has 1 heterocycles. The van der Waals surface area contributed by atoms with Crippen molar-refractivity contribution in [2.45, 2.75) is 32.7 Å². The molecule has 1 N–H and O–H groups in total. The number of aromatic nitrogens is 1. The summed E-state index contributed by atoms with van der Waals surface area (Å²) in [6, 6.07) is 14.0. The van der Waals surface area contributed by atoms with Gasteiger partial charge in [-0.1, -0.05) is 37.3 Å². The predicted molar refractivity (Wildman–Crippen MR) is 80.2 cm³/mol. The van der Waals surface area contributed by atoms with Crippen molar-refractivity contribution in [1.29, 1.82) is 0 Å². The van der Waals surface area contributed by atoms with Crippen LogP contribution < -0.4 is 5.32 Å². The average Bonchev–Trinajstić information content (AvgIpc) is 2.52. The summed E-state index contributed by atoms with van der Waals surface area (Å²) in [4.78, 5) is 16.1. The lowest BCUT2D eigenvalue weighted by Gasteiger charge is -2.09. The van der Waals surface area contributed by atoms with E-state index in [9.17, 15) is 4.79 Å². The number of rotatable bonds is 6. The van der Waals surface area contributed by atoms with Gasteiger partial charge in [0.1, 0.15) is 0 Å². The van der Waals surface area contributed by atoms with Crippen molar-refractivity contribution < 1.29 is 4.79 Å². The first-order chi connectivity index (χ1) is 9.79. The molecule has 0 radical (unpaired) electrons. The van der Waals surface area contributed by atoms with E-state index in [-0.39, 0.29) is 5.91 Å². The van der Waals surface area contributed by atoms with Gasteiger partial charge in [0.15, 0.2) is 0 Å². The molecule has 3 heteroatoms. The molecule has 3 nitrogen and oxygen atoms in total. The largest absolute Gasteiger partial charge is 0.352 e. The smallest absolute Gasteiger partial charge is 0.220 e. The Morgan fingerprint density at radius 2 is 1.85 bits per heavy atom. The third-order valence-corrected chi connectivity index (χ3v) is 3.31. The maximum Gasteiger partial charge on any atom is 0.220 e. The van der Waals surface area contributed by atoms with Gasteiger partial charge in [-0.2, -0.15) is 0 Å². The van der Waals surface area contributed by atoms with Crippen molar-refractivity contribution in [3.63, 3.8) is 0 Å². The Labute approximate surface area is 120 Å². The molecule has 1 aromatic heterocycles. The van der Waals surface area contributed by atoms with Crippen molar-refractivity contribution in [2.24, 2.45) is 0 Å². The van der Waals surface area contributed by atoms with Gasteiger partial charge in [-0.05, 0) is 36.1 Å². The van der Waals surface area contributed by atoms with E-state index >= 15 is 0 Å². The molecule has 1 aromatic carbocycles. The summed E-state index contributed by atoms with van der Waals surface area (Å²) in [5, 5.41) is 2.98. The molecular formula is C17H20N2O. The van der Waals surface area contributed by atoms with Crippen LogP contribution in [0.1, 0.15) is 30.2 Å². The highest BCUT2D eigenvalue weighted by Crippen LogP contribution is 2.09. The van der Waals surface area contributed by atoms with Crippen LogP contribution >= 0.6 is 0 Å². The zero-order valence-corrected chi connectivity index (χ0v) is 11.8. The molecule has 0 aliphatic heterocycles. The maximum atomic E-state index is 11.9. The standard InChI is InChI=1S/C17H20N2O/c1-2-14-7-3-4-8-15(14)13-19-17(20)11-10-16-9-5-6-12-18-16/h3-9,12H,2,10-11,13H2,1H3,(H,19,20). The van der Waals surface area contributed by atoms with Crippen molar-refractivity contribution in [2.75, 3.05) is 0 Å². The number of hydrogen-bond acceptors (Lipinski definition) is 2. The number of amides is 1. The summed E-state index contributed by atoms with van der Waals surface area (Å²) < 4.78 is 0. The number of carbonyl (C=O) groups excluding carboxylic acids is 1. The van der Waals surface area contributed by atoms with Gasteiger partial charge in [-0.15, -0.1) is 0 Å². The zero-order chi connectivity index (χ0) is 14.2. The molecule has 2 aromatic rings. The van der Waals surface area contributed by atoms with Crippen molar-refractivity contribution in [3.8, 4) is 0 Å². The van der Waals surface area contributed by atoms with Gasteiger partial charge in [0.05, 0.1) is 0 Å². The summed E-state index contributed by atoms with van der Waals surface area (Å²) in [5.74, 6) is 0.0709. The monoisotopic (exact) mass is 268 g/mol. The minimum atomic E-state index is 0.0709. The van der Waals surface area contributed by atoms with Crippen LogP contribution in [-0.2, 0) is 24.2 Å². The second-order valence-corrected chi connectivity index (χ2v) is 4.72. The number of pyridine rings is 1. The fourth-order valence-electron chi connectivity index (χ4n) is 2.14. The molecule has 0 atom stereocenters. The number of nitrogens with zero attached hydrogens (tertiary/aromatic N) is 1. The molecular weight excluding hydrogens is 248 g/mol. The molecule has 0 aliphatic carbocycles. The molecule has 0 unspecified atom stereocenters. The van der Waals surface area contributed by atoms with E-state index in [0.29, 0.717) is 19.4 Å². The lowest BCUT2D eigenvalue weighted by Crippen LogP contribution is -2.23. The second-order valence-electron chi connectivity index (χ2n) is 4.72. The highest BCUT2D eigenvalue weighted by atomic mass is 16.1. The number of benzene rings is 1. The minimum absolute atomic E-state index is 0.0709. The highest BCUT2D eigenvalue weighted by molar-refractivity contribution is 5.76. The highest BCUT2D eigenvalue weighted by Gasteiger charge is 2.04. The van der Waals surface area contributed by atoms with Gasteiger partial charge in [-0.25, -0.2) is 0 Å². The summed E-state index contributed by atoms with van der Waals surface area (Å²) in [6.45, 7) is 2.73. The molecule has 0 saturated carbocycles. The second kappa shape index (κ2) is 7.43. The van der Waals surface area contributed by atoms with Crippen LogP contribution in [0.25, 0.3) is 0 Å². The first-order valence-corrected chi connectivity index (χ1v) is 7.03. The zero-order valence-electron chi connectivity index (χ0n) is 11.8. The van der Waals surface area contributed by atoms with E-state index in [1.54, 1.807) is 6.20 Å². The molecule has 104 valence electrons. The van der Waals surface area contributed by atoms with Crippen LogP contribution in [0.4, 0.5) is 0 Å². The number of aryl methyl sites for hydroxylation is 2. The van der Waals surface area contributed by atoms with Crippen molar-refractivity contribution in [3.05, 3.63) is 65.5 Å². The number of carbonyl (C=O) groups is 1. The Bertz CT molecular complexity index is 552. The molecule has 20 heavy (non-hydrogen) atoms. The van der Waals surface area contributed by atoms with Crippen molar-refractivity contribution in [1.82, 2.24) is 10.3 Å². The topological polar surface area (TPSA) is 42.0 Å². The fraction of sp³-hybridized carbons (Fsp3) is 0.294. The van der Waals surface area contributed by atoms with Gasteiger partial charge in [0, 0.05) is 24.9 Å². The average molecular weight is 268 g/mol. The summed E-state index contributed by atoms with van der Waals surface area (Å²) in [7, 11) is 0. The summed E-state index contributed by atoms with van der Waals surface area (Å²) >= 11 is 0. The Hall–Kier alpha value is -2.16. The van der Waals surface area contributed by atoms with E-state index in [4.69, 9.17) is 0 Å². The van der Waals surface area contributed by atoms with E-state index in [0.717, 1.165) is 12.1 Å². The first-order valence-electron chi connectivity index (χ1n) is 7.03. The van der Waals surface area contributed by atoms with Gasteiger partial charge in [0.25, 0.3) is 0 Å². The molecule has 2 rings (SSSR count). The Balaban J connectivity index is 1.80. The molecule has 0 bridgehead atoms. The molecule has 0 spiro atoms. The molecule has 0 saturated heterocycles. The van der Waals surface area contributed by atoms with Crippen LogP contribution in [0, 0.1) is 0 Å². The quantitative estimate of drug-likeness (QED) is 0.875. The summed E-state index contributed by atoms with van der Waals surface area (Å²) in [5.41, 5.74) is 3.44. The lowest BCUT2D eigenvalue weighted by atomic mass is 10.1. The molecule has 0 fully saturated rings. The minimum Gasteiger partial charge on any atom is -0.352 e. The van der Waals surface area contributed by atoms with Crippen LogP contribution in [0.5, 0.6) is 0 Å². The fourth-order valence-corrected chi connectivity index (χ4v) is 2.14. The van der Waals surface area contributed by atoms with Crippen LogP contribution in [0.15, 0.2) is 48.7 Å². The SMILES string of the molecule is CCc1ccccc1CNC(=O)CCc1ccccn1. The van der Waals surface area contributed by atoms with Gasteiger partial charge in [0.2, 0.25) is 5.91 Å². The van der Waals surface area contributed by atoms with Crippen LogP contribution in [0.3, 0.4) is 0 Å². The predicted octanol–water partition coefficient (Wildman–Crippen LogP) is 2.89. The Morgan fingerprint density at radius 3 is 2.55 bits per heavy atom. The summed E-state index contributed by atoms with van der Waals surface area (Å²) in [6.07, 6.45) is 3.90. The first kappa shape index (κ1) is 14.3. The van der Waals surface area contributed by atoms with Gasteiger partial charge < -0.3 is 5.32 Å². The van der Waals surface area contributed by atoms with Crippen molar-refractivity contribution >= 4 is 5.91 Å². The van der Waals surface area contributed by atoms with E-state index in [1.165, 1.54) is 11.1 Å². The maximum absolute atomic E-state index is 11.9. The van der Waals surface area contributed by atoms with Crippen LogP contribution in [-0.4, -0.2) is 10.9 Å². The molecule has 1 amide bonds. The number of nitrogens with one attached hydrogen (secondary N) is 1. The van der Waals surface area contributed by atoms with Gasteiger partial charge >= 0.3 is 0 Å². The third kappa shape index (κ3) is 4.19. The third-order valence-electron chi connectivity index (χ3n) is 3.31. The van der Waals surface area contributed by atoms with Crippen LogP contribution in [0.2, 0.25) is 0 Å². The Morgan fingerprint density at radius 1 is 1.10 bits per heavy atom. The normalized spacial score (nSPS) is 10.2.